The summed E-state index contributed by atoms with van der Waals surface area (Å²) in [5, 5.41) is 9.20. The second-order valence-corrected chi connectivity index (χ2v) is 6.78. The molecule has 2 aromatic rings. The second-order valence-electron chi connectivity index (χ2n) is 4.66. The summed E-state index contributed by atoms with van der Waals surface area (Å²) in [6.07, 6.45) is 0. The number of thioether (sulfide) groups is 2. The van der Waals surface area contributed by atoms with Gasteiger partial charge in [0.2, 0.25) is 0 Å². The van der Waals surface area contributed by atoms with Gasteiger partial charge in [0.15, 0.2) is 0 Å². The molecular formula is C16H14O2S2. The average Bonchev–Trinajstić information content (AvgIpc) is 2.88. The van der Waals surface area contributed by atoms with Crippen LogP contribution in [0.2, 0.25) is 0 Å². The van der Waals surface area contributed by atoms with Crippen LogP contribution in [0.1, 0.15) is 21.8 Å². The first kappa shape index (κ1) is 13.6. The summed E-state index contributed by atoms with van der Waals surface area (Å²) < 4.78 is 0. The van der Waals surface area contributed by atoms with Crippen molar-refractivity contribution in [1.29, 1.82) is 0 Å². The topological polar surface area (TPSA) is 37.3 Å². The van der Waals surface area contributed by atoms with Crippen LogP contribution in [-0.4, -0.2) is 22.6 Å². The Kier molecular flexibility index (Phi) is 4.03. The first-order valence-electron chi connectivity index (χ1n) is 6.42. The molecule has 2 nitrogen and oxygen atoms in total. The van der Waals surface area contributed by atoms with Gasteiger partial charge < -0.3 is 5.11 Å². The van der Waals surface area contributed by atoms with Crippen LogP contribution < -0.4 is 0 Å². The number of carboxylic acids is 1. The van der Waals surface area contributed by atoms with Crippen molar-refractivity contribution in [3.05, 3.63) is 59.7 Å². The molecule has 102 valence electrons. The number of hydrogen-bond donors (Lipinski definition) is 1. The summed E-state index contributed by atoms with van der Waals surface area (Å²) in [5.41, 5.74) is 1.80. The third-order valence-corrected chi connectivity index (χ3v) is 5.84. The molecule has 1 heterocycles. The summed E-state index contributed by atoms with van der Waals surface area (Å²) in [7, 11) is 0. The molecule has 1 unspecified atom stereocenters. The molecule has 0 aromatic heterocycles. The lowest BCUT2D eigenvalue weighted by Gasteiger charge is -2.11. The Morgan fingerprint density at radius 1 is 1.20 bits per heavy atom. The highest BCUT2D eigenvalue weighted by molar-refractivity contribution is 8.00. The Hall–Kier alpha value is -1.39. The number of fused-ring (bicyclic) bond motifs is 1. The molecule has 1 aliphatic rings. The van der Waals surface area contributed by atoms with E-state index in [2.05, 4.69) is 24.3 Å². The van der Waals surface area contributed by atoms with Gasteiger partial charge in [-0.3, -0.25) is 0 Å². The molecule has 1 N–H and O–H groups in total. The molecule has 0 amide bonds. The van der Waals surface area contributed by atoms with E-state index in [0.717, 1.165) is 16.4 Å². The van der Waals surface area contributed by atoms with E-state index in [1.54, 1.807) is 23.9 Å². The highest BCUT2D eigenvalue weighted by atomic mass is 32.2. The summed E-state index contributed by atoms with van der Waals surface area (Å²) in [4.78, 5) is 13.4. The van der Waals surface area contributed by atoms with Gasteiger partial charge in [-0.15, -0.1) is 23.5 Å². The molecule has 0 aliphatic carbocycles. The van der Waals surface area contributed by atoms with Gasteiger partial charge in [-0.2, -0.15) is 0 Å². The summed E-state index contributed by atoms with van der Waals surface area (Å²) in [6, 6.07) is 15.7. The fraction of sp³-hybridized carbons (Fsp3) is 0.188. The van der Waals surface area contributed by atoms with Crippen LogP contribution in [0.15, 0.2) is 58.3 Å². The van der Waals surface area contributed by atoms with Crippen molar-refractivity contribution in [3.8, 4) is 0 Å². The van der Waals surface area contributed by atoms with Gasteiger partial charge in [0.1, 0.15) is 0 Å². The fourth-order valence-corrected chi connectivity index (χ4v) is 4.89. The molecular weight excluding hydrogens is 288 g/mol. The van der Waals surface area contributed by atoms with Gasteiger partial charge in [-0.1, -0.05) is 30.3 Å². The number of carboxylic acid groups (broad SMARTS) is 1. The minimum atomic E-state index is -0.853. The van der Waals surface area contributed by atoms with Crippen LogP contribution >= 0.6 is 23.5 Å². The van der Waals surface area contributed by atoms with E-state index in [-0.39, 0.29) is 0 Å². The lowest BCUT2D eigenvalue weighted by molar-refractivity contribution is 0.0693. The maximum absolute atomic E-state index is 11.2. The highest BCUT2D eigenvalue weighted by Gasteiger charge is 2.23. The summed E-state index contributed by atoms with van der Waals surface area (Å²) in [5.74, 6) is 1.66. The molecule has 0 bridgehead atoms. The van der Waals surface area contributed by atoms with Crippen LogP contribution in [-0.2, 0) is 0 Å². The molecule has 4 heteroatoms. The van der Waals surface area contributed by atoms with Gasteiger partial charge in [-0.25, -0.2) is 4.79 Å². The van der Waals surface area contributed by atoms with E-state index in [0.29, 0.717) is 11.5 Å². The van der Waals surface area contributed by atoms with E-state index in [4.69, 9.17) is 0 Å². The van der Waals surface area contributed by atoms with E-state index in [1.807, 2.05) is 23.9 Å². The molecule has 3 rings (SSSR count). The third kappa shape index (κ3) is 2.72. The fourth-order valence-electron chi connectivity index (χ4n) is 2.33. The van der Waals surface area contributed by atoms with E-state index in [9.17, 15) is 9.90 Å². The first-order valence-corrected chi connectivity index (χ1v) is 8.39. The van der Waals surface area contributed by atoms with Crippen molar-refractivity contribution in [2.45, 2.75) is 15.7 Å². The maximum Gasteiger partial charge on any atom is 0.336 e. The van der Waals surface area contributed by atoms with E-state index in [1.165, 1.54) is 10.5 Å². The third-order valence-electron chi connectivity index (χ3n) is 3.36. The number of benzene rings is 2. The zero-order valence-electron chi connectivity index (χ0n) is 10.8. The van der Waals surface area contributed by atoms with Crippen LogP contribution in [0.5, 0.6) is 0 Å². The van der Waals surface area contributed by atoms with Crippen LogP contribution in [0, 0.1) is 0 Å². The Balaban J connectivity index is 1.74. The minimum absolute atomic E-state index is 0.399. The molecule has 1 aliphatic heterocycles. The second kappa shape index (κ2) is 5.94. The predicted octanol–water partition coefficient (Wildman–Crippen LogP) is 4.37. The molecule has 1 atom stereocenters. The highest BCUT2D eigenvalue weighted by Crippen LogP contribution is 2.42. The molecule has 0 saturated heterocycles. The molecule has 0 radical (unpaired) electrons. The van der Waals surface area contributed by atoms with Crippen molar-refractivity contribution in [2.75, 3.05) is 11.5 Å². The molecule has 2 aromatic carbocycles. The molecule has 0 saturated carbocycles. The van der Waals surface area contributed by atoms with Crippen molar-refractivity contribution >= 4 is 29.5 Å². The Labute approximate surface area is 126 Å². The summed E-state index contributed by atoms with van der Waals surface area (Å²) >= 11 is 3.53. The monoisotopic (exact) mass is 302 g/mol. The standard InChI is InChI=1S/C16H14O2S2/c17-16(18)13-6-2-4-8-15(13)20-10-11-9-19-14-7-3-1-5-12(11)14/h1-8,11H,9-10H2,(H,17,18). The van der Waals surface area contributed by atoms with Crippen molar-refractivity contribution in [1.82, 2.24) is 0 Å². The van der Waals surface area contributed by atoms with E-state index >= 15 is 0 Å². The molecule has 0 spiro atoms. The normalized spacial score (nSPS) is 16.9. The SMILES string of the molecule is O=C(O)c1ccccc1SCC1CSc2ccccc21. The number of hydrogen-bond acceptors (Lipinski definition) is 3. The van der Waals surface area contributed by atoms with Gasteiger partial charge in [-0.05, 0) is 23.8 Å². The van der Waals surface area contributed by atoms with Crippen molar-refractivity contribution in [2.24, 2.45) is 0 Å². The van der Waals surface area contributed by atoms with Crippen molar-refractivity contribution < 1.29 is 9.90 Å². The van der Waals surface area contributed by atoms with Crippen molar-refractivity contribution in [3.63, 3.8) is 0 Å². The smallest absolute Gasteiger partial charge is 0.336 e. The average molecular weight is 302 g/mol. The van der Waals surface area contributed by atoms with Gasteiger partial charge in [0.25, 0.3) is 0 Å². The zero-order chi connectivity index (χ0) is 13.9. The Morgan fingerprint density at radius 3 is 2.80 bits per heavy atom. The lowest BCUT2D eigenvalue weighted by Crippen LogP contribution is -2.03. The van der Waals surface area contributed by atoms with E-state index < -0.39 is 5.97 Å². The Morgan fingerprint density at radius 2 is 1.95 bits per heavy atom. The van der Waals surface area contributed by atoms with Gasteiger partial charge in [0.05, 0.1) is 5.56 Å². The van der Waals surface area contributed by atoms with Crippen LogP contribution in [0.3, 0.4) is 0 Å². The number of aromatic carboxylic acids is 1. The van der Waals surface area contributed by atoms with Crippen LogP contribution in [0.4, 0.5) is 0 Å². The predicted molar refractivity (Wildman–Crippen MR) is 84.0 cm³/mol. The molecule has 0 fully saturated rings. The number of rotatable bonds is 4. The van der Waals surface area contributed by atoms with Crippen LogP contribution in [0.25, 0.3) is 0 Å². The largest absolute Gasteiger partial charge is 0.478 e. The maximum atomic E-state index is 11.2. The Bertz CT molecular complexity index is 640. The minimum Gasteiger partial charge on any atom is -0.478 e. The zero-order valence-corrected chi connectivity index (χ0v) is 12.4. The van der Waals surface area contributed by atoms with Gasteiger partial charge in [0, 0.05) is 27.2 Å². The lowest BCUT2D eigenvalue weighted by atomic mass is 10.0. The molecule has 20 heavy (non-hydrogen) atoms. The summed E-state index contributed by atoms with van der Waals surface area (Å²) in [6.45, 7) is 0. The quantitative estimate of drug-likeness (QED) is 0.851. The van der Waals surface area contributed by atoms with Gasteiger partial charge >= 0.3 is 5.97 Å². The number of carbonyl (C=O) groups is 1. The first-order chi connectivity index (χ1) is 9.75.